The number of amides is 1. The van der Waals surface area contributed by atoms with Crippen LogP contribution in [0.15, 0.2) is 29.2 Å². The summed E-state index contributed by atoms with van der Waals surface area (Å²) in [6.07, 6.45) is 8.94. The molecule has 27 heavy (non-hydrogen) atoms. The van der Waals surface area contributed by atoms with E-state index in [1.807, 2.05) is 19.1 Å². The summed E-state index contributed by atoms with van der Waals surface area (Å²) in [6.45, 7) is 2.78. The maximum Gasteiger partial charge on any atom is 0.266 e. The zero-order valence-corrected chi connectivity index (χ0v) is 16.3. The van der Waals surface area contributed by atoms with E-state index in [9.17, 15) is 9.59 Å². The molecular weight excluding hydrogens is 358 g/mol. The fourth-order valence-corrected chi connectivity index (χ4v) is 5.86. The van der Waals surface area contributed by atoms with E-state index in [1.54, 1.807) is 16.7 Å². The van der Waals surface area contributed by atoms with Gasteiger partial charge in [0.25, 0.3) is 11.5 Å². The van der Waals surface area contributed by atoms with Gasteiger partial charge in [0.2, 0.25) is 0 Å². The Morgan fingerprint density at radius 3 is 2.93 bits per heavy atom. The van der Waals surface area contributed by atoms with E-state index >= 15 is 0 Å². The fraction of sp³-hybridized carbons (Fsp3) is 0.476. The SMILES string of the molecule is Cc1cccn2c(=O)c3cc(C(=O)N4CCCC5CCCCC54)sc3nc12. The van der Waals surface area contributed by atoms with Crippen LogP contribution in [0.4, 0.5) is 0 Å². The molecule has 1 saturated heterocycles. The topological polar surface area (TPSA) is 54.7 Å². The molecule has 1 amide bonds. The number of hydrogen-bond donors (Lipinski definition) is 0. The molecule has 1 aliphatic heterocycles. The minimum atomic E-state index is -0.0943. The first kappa shape index (κ1) is 16.9. The Hall–Kier alpha value is -2.21. The first-order valence-electron chi connectivity index (χ1n) is 9.86. The van der Waals surface area contributed by atoms with Crippen molar-refractivity contribution in [1.82, 2.24) is 14.3 Å². The molecule has 3 aromatic rings. The van der Waals surface area contributed by atoms with Crippen molar-refractivity contribution < 1.29 is 4.79 Å². The predicted octanol–water partition coefficient (Wildman–Crippen LogP) is 4.01. The molecule has 0 bridgehead atoms. The van der Waals surface area contributed by atoms with Crippen LogP contribution >= 0.6 is 11.3 Å². The van der Waals surface area contributed by atoms with E-state index in [1.165, 1.54) is 37.0 Å². The normalized spacial score (nSPS) is 22.9. The maximum atomic E-state index is 13.3. The van der Waals surface area contributed by atoms with E-state index in [0.29, 0.717) is 32.7 Å². The highest BCUT2D eigenvalue weighted by Crippen LogP contribution is 2.36. The predicted molar refractivity (Wildman–Crippen MR) is 108 cm³/mol. The minimum absolute atomic E-state index is 0.0831. The smallest absolute Gasteiger partial charge is 0.266 e. The van der Waals surface area contributed by atoms with Gasteiger partial charge >= 0.3 is 0 Å². The van der Waals surface area contributed by atoms with Crippen molar-refractivity contribution in [3.63, 3.8) is 0 Å². The maximum absolute atomic E-state index is 13.3. The first-order chi connectivity index (χ1) is 13.1. The van der Waals surface area contributed by atoms with Crippen LogP contribution in [0.25, 0.3) is 15.9 Å². The van der Waals surface area contributed by atoms with Gasteiger partial charge in [-0.2, -0.15) is 0 Å². The molecular formula is C21H23N3O2S. The highest BCUT2D eigenvalue weighted by molar-refractivity contribution is 7.20. The Kier molecular flexibility index (Phi) is 4.04. The molecule has 2 fully saturated rings. The summed E-state index contributed by atoms with van der Waals surface area (Å²) >= 11 is 1.36. The Bertz CT molecular complexity index is 1100. The van der Waals surface area contributed by atoms with Gasteiger partial charge in [0.1, 0.15) is 10.5 Å². The average Bonchev–Trinajstić information content (AvgIpc) is 3.13. The van der Waals surface area contributed by atoms with Crippen LogP contribution in [0.2, 0.25) is 0 Å². The Morgan fingerprint density at radius 2 is 2.04 bits per heavy atom. The van der Waals surface area contributed by atoms with Gasteiger partial charge in [-0.25, -0.2) is 4.98 Å². The molecule has 2 unspecified atom stereocenters. The highest BCUT2D eigenvalue weighted by Gasteiger charge is 2.36. The second kappa shape index (κ2) is 6.44. The lowest BCUT2D eigenvalue weighted by atomic mass is 9.78. The lowest BCUT2D eigenvalue weighted by Crippen LogP contribution is -2.49. The summed E-state index contributed by atoms with van der Waals surface area (Å²) in [5.41, 5.74) is 1.53. The largest absolute Gasteiger partial charge is 0.335 e. The number of piperidine rings is 1. The molecule has 0 aromatic carbocycles. The summed E-state index contributed by atoms with van der Waals surface area (Å²) in [5.74, 6) is 0.736. The van der Waals surface area contributed by atoms with Crippen LogP contribution in [-0.2, 0) is 0 Å². The van der Waals surface area contributed by atoms with Gasteiger partial charge in [-0.05, 0) is 56.2 Å². The van der Waals surface area contributed by atoms with Crippen LogP contribution < -0.4 is 5.56 Å². The van der Waals surface area contributed by atoms with Crippen LogP contribution in [0.3, 0.4) is 0 Å². The number of likely N-dealkylation sites (tertiary alicyclic amines) is 1. The molecule has 1 aliphatic carbocycles. The van der Waals surface area contributed by atoms with Gasteiger partial charge in [-0.3, -0.25) is 14.0 Å². The Labute approximate surface area is 161 Å². The van der Waals surface area contributed by atoms with E-state index in [2.05, 4.69) is 9.88 Å². The number of fused-ring (bicyclic) bond motifs is 3. The third-order valence-corrected chi connectivity index (χ3v) is 7.26. The summed E-state index contributed by atoms with van der Waals surface area (Å²) in [5, 5.41) is 0.545. The van der Waals surface area contributed by atoms with Crippen molar-refractivity contribution in [2.24, 2.45) is 5.92 Å². The standard InChI is InChI=1S/C21H23N3O2S/c1-13-6-4-11-24-18(13)22-19-15(20(24)25)12-17(27-19)21(26)23-10-5-8-14-7-2-3-9-16(14)23/h4,6,11-12,14,16H,2-3,5,7-10H2,1H3. The number of pyridine rings is 1. The molecule has 2 atom stereocenters. The van der Waals surface area contributed by atoms with Gasteiger partial charge in [0.05, 0.1) is 10.3 Å². The summed E-state index contributed by atoms with van der Waals surface area (Å²) in [6, 6.07) is 5.94. The Morgan fingerprint density at radius 1 is 1.22 bits per heavy atom. The number of nitrogens with zero attached hydrogens (tertiary/aromatic N) is 3. The molecule has 0 spiro atoms. The van der Waals surface area contributed by atoms with Crippen LogP contribution in [0.5, 0.6) is 0 Å². The molecule has 0 radical (unpaired) electrons. The number of thiophene rings is 1. The molecule has 5 nitrogen and oxygen atoms in total. The third kappa shape index (κ3) is 2.69. The van der Waals surface area contributed by atoms with Crippen molar-refractivity contribution >= 4 is 33.1 Å². The molecule has 2 aliphatic rings. The average molecular weight is 382 g/mol. The minimum Gasteiger partial charge on any atom is -0.335 e. The van der Waals surface area contributed by atoms with Crippen LogP contribution in [0, 0.1) is 12.8 Å². The molecule has 4 heterocycles. The van der Waals surface area contributed by atoms with Gasteiger partial charge < -0.3 is 4.90 Å². The molecule has 0 N–H and O–H groups in total. The van der Waals surface area contributed by atoms with Crippen molar-refractivity contribution in [1.29, 1.82) is 0 Å². The number of aryl methyl sites for hydroxylation is 1. The second-order valence-electron chi connectivity index (χ2n) is 7.88. The number of carbonyl (C=O) groups excluding carboxylic acids is 1. The number of hydrogen-bond acceptors (Lipinski definition) is 4. The number of rotatable bonds is 1. The lowest BCUT2D eigenvalue weighted by molar-refractivity contribution is 0.0395. The highest BCUT2D eigenvalue weighted by atomic mass is 32.1. The van der Waals surface area contributed by atoms with E-state index in [-0.39, 0.29) is 11.5 Å². The van der Waals surface area contributed by atoms with Gasteiger partial charge in [-0.15, -0.1) is 11.3 Å². The van der Waals surface area contributed by atoms with Gasteiger partial charge in [0, 0.05) is 18.8 Å². The summed E-state index contributed by atoms with van der Waals surface area (Å²) in [7, 11) is 0. The second-order valence-corrected chi connectivity index (χ2v) is 8.91. The van der Waals surface area contributed by atoms with Crippen molar-refractivity contribution in [2.75, 3.05) is 6.54 Å². The third-order valence-electron chi connectivity index (χ3n) is 6.25. The lowest BCUT2D eigenvalue weighted by Gasteiger charge is -2.44. The van der Waals surface area contributed by atoms with Crippen LogP contribution in [-0.4, -0.2) is 32.8 Å². The fourth-order valence-electron chi connectivity index (χ4n) is 4.88. The van der Waals surface area contributed by atoms with E-state index in [4.69, 9.17) is 0 Å². The van der Waals surface area contributed by atoms with Gasteiger partial charge in [0.15, 0.2) is 0 Å². The monoisotopic (exact) mass is 381 g/mol. The molecule has 1 saturated carbocycles. The van der Waals surface area contributed by atoms with E-state index < -0.39 is 0 Å². The van der Waals surface area contributed by atoms with Crippen molar-refractivity contribution in [2.45, 2.75) is 51.5 Å². The van der Waals surface area contributed by atoms with Crippen molar-refractivity contribution in [3.8, 4) is 0 Å². The quantitative estimate of drug-likeness (QED) is 0.640. The Balaban J connectivity index is 1.57. The van der Waals surface area contributed by atoms with Gasteiger partial charge in [-0.1, -0.05) is 18.9 Å². The van der Waals surface area contributed by atoms with Crippen molar-refractivity contribution in [3.05, 3.63) is 45.2 Å². The first-order valence-corrected chi connectivity index (χ1v) is 10.7. The number of aromatic nitrogens is 2. The van der Waals surface area contributed by atoms with E-state index in [0.717, 1.165) is 24.9 Å². The molecule has 3 aromatic heterocycles. The molecule has 5 rings (SSSR count). The van der Waals surface area contributed by atoms with Crippen LogP contribution in [0.1, 0.15) is 53.8 Å². The number of carbonyl (C=O) groups is 1. The molecule has 6 heteroatoms. The summed E-state index contributed by atoms with van der Waals surface area (Å²) in [4.78, 5) is 34.3. The zero-order chi connectivity index (χ0) is 18.5. The molecule has 140 valence electrons. The summed E-state index contributed by atoms with van der Waals surface area (Å²) < 4.78 is 1.58. The zero-order valence-electron chi connectivity index (χ0n) is 15.5.